The second-order valence-electron chi connectivity index (χ2n) is 5.39. The molecule has 0 unspecified atom stereocenters. The third-order valence-electron chi connectivity index (χ3n) is 3.70. The molecule has 2 aromatic rings. The van der Waals surface area contributed by atoms with Crippen LogP contribution < -0.4 is 10.2 Å². The number of thiazole rings is 1. The molecule has 0 aliphatic carbocycles. The number of rotatable bonds is 5. The van der Waals surface area contributed by atoms with Gasteiger partial charge >= 0.3 is 0 Å². The smallest absolute Gasteiger partial charge is 0.225 e. The number of nitrogens with zero attached hydrogens (tertiary/aromatic N) is 4. The van der Waals surface area contributed by atoms with E-state index in [0.717, 1.165) is 24.4 Å². The molecule has 1 aliphatic heterocycles. The summed E-state index contributed by atoms with van der Waals surface area (Å²) < 4.78 is 0. The van der Waals surface area contributed by atoms with Crippen molar-refractivity contribution in [2.75, 3.05) is 24.5 Å². The summed E-state index contributed by atoms with van der Waals surface area (Å²) in [6.07, 6.45) is 6.97. The Hall–Kier alpha value is -2.02. The van der Waals surface area contributed by atoms with E-state index in [0.29, 0.717) is 19.0 Å². The standard InChI is InChI=1S/C15H19N5OS/c1-11-9-19-13(22-11)3-7-16-14(21)12-4-8-20(10-12)15-17-5-2-6-18-15/h2,5-6,9,12H,3-4,7-8,10H2,1H3,(H,16,21)/t12-/m0/s1. The van der Waals surface area contributed by atoms with Crippen molar-refractivity contribution >= 4 is 23.2 Å². The second kappa shape index (κ2) is 6.83. The number of carbonyl (C=O) groups excluding carboxylic acids is 1. The quantitative estimate of drug-likeness (QED) is 0.903. The Bertz CT molecular complexity index is 630. The molecule has 1 aliphatic rings. The molecule has 3 rings (SSSR count). The van der Waals surface area contributed by atoms with Crippen LogP contribution in [-0.2, 0) is 11.2 Å². The third-order valence-corrected chi connectivity index (χ3v) is 4.67. The summed E-state index contributed by atoms with van der Waals surface area (Å²) in [4.78, 5) is 28.3. The molecule has 22 heavy (non-hydrogen) atoms. The average Bonchev–Trinajstić information content (AvgIpc) is 3.17. The van der Waals surface area contributed by atoms with Crippen LogP contribution in [0.4, 0.5) is 5.95 Å². The lowest BCUT2D eigenvalue weighted by Crippen LogP contribution is -2.34. The zero-order valence-electron chi connectivity index (χ0n) is 12.5. The lowest BCUT2D eigenvalue weighted by molar-refractivity contribution is -0.124. The van der Waals surface area contributed by atoms with Crippen molar-refractivity contribution in [2.24, 2.45) is 5.92 Å². The van der Waals surface area contributed by atoms with Gasteiger partial charge in [-0.1, -0.05) is 0 Å². The highest BCUT2D eigenvalue weighted by Crippen LogP contribution is 2.20. The highest BCUT2D eigenvalue weighted by atomic mass is 32.1. The summed E-state index contributed by atoms with van der Waals surface area (Å²) in [5.41, 5.74) is 0. The Morgan fingerprint density at radius 3 is 2.95 bits per heavy atom. The highest BCUT2D eigenvalue weighted by Gasteiger charge is 2.29. The number of nitrogens with one attached hydrogen (secondary N) is 1. The van der Waals surface area contributed by atoms with Gasteiger partial charge in [-0.15, -0.1) is 11.3 Å². The van der Waals surface area contributed by atoms with Crippen molar-refractivity contribution in [3.63, 3.8) is 0 Å². The minimum atomic E-state index is 0.0156. The number of aryl methyl sites for hydroxylation is 1. The Morgan fingerprint density at radius 2 is 2.23 bits per heavy atom. The maximum atomic E-state index is 12.2. The highest BCUT2D eigenvalue weighted by molar-refractivity contribution is 7.11. The summed E-state index contributed by atoms with van der Waals surface area (Å²) in [6, 6.07) is 1.80. The minimum Gasteiger partial charge on any atom is -0.355 e. The number of hydrogen-bond donors (Lipinski definition) is 1. The fraction of sp³-hybridized carbons (Fsp3) is 0.467. The second-order valence-corrected chi connectivity index (χ2v) is 6.71. The largest absolute Gasteiger partial charge is 0.355 e. The molecule has 1 amide bonds. The molecular formula is C15H19N5OS. The van der Waals surface area contributed by atoms with Crippen molar-refractivity contribution in [2.45, 2.75) is 19.8 Å². The maximum Gasteiger partial charge on any atom is 0.225 e. The topological polar surface area (TPSA) is 71.0 Å². The van der Waals surface area contributed by atoms with E-state index >= 15 is 0 Å². The first-order valence-corrected chi connectivity index (χ1v) is 8.25. The summed E-state index contributed by atoms with van der Waals surface area (Å²) in [5, 5.41) is 4.09. The molecule has 1 fully saturated rings. The Balaban J connectivity index is 1.45. The molecule has 3 heterocycles. The van der Waals surface area contributed by atoms with Gasteiger partial charge in [-0.2, -0.15) is 0 Å². The van der Waals surface area contributed by atoms with Crippen molar-refractivity contribution in [3.05, 3.63) is 34.5 Å². The summed E-state index contributed by atoms with van der Waals surface area (Å²) in [5.74, 6) is 0.838. The van der Waals surface area contributed by atoms with Crippen LogP contribution >= 0.6 is 11.3 Å². The van der Waals surface area contributed by atoms with Crippen LogP contribution in [0.1, 0.15) is 16.3 Å². The van der Waals surface area contributed by atoms with Gasteiger partial charge in [0.05, 0.1) is 10.9 Å². The van der Waals surface area contributed by atoms with E-state index in [4.69, 9.17) is 0 Å². The monoisotopic (exact) mass is 317 g/mol. The first-order chi connectivity index (χ1) is 10.7. The zero-order chi connectivity index (χ0) is 15.4. The Kier molecular flexibility index (Phi) is 4.62. The lowest BCUT2D eigenvalue weighted by atomic mass is 10.1. The molecule has 1 atom stereocenters. The molecule has 6 nitrogen and oxygen atoms in total. The van der Waals surface area contributed by atoms with Crippen LogP contribution in [0.2, 0.25) is 0 Å². The SMILES string of the molecule is Cc1cnc(CCNC(=O)[C@H]2CCN(c3ncccn3)C2)s1. The third kappa shape index (κ3) is 3.59. The normalized spacial score (nSPS) is 17.7. The molecule has 0 spiro atoms. The number of aromatic nitrogens is 3. The Morgan fingerprint density at radius 1 is 1.41 bits per heavy atom. The first-order valence-electron chi connectivity index (χ1n) is 7.43. The minimum absolute atomic E-state index is 0.0156. The molecule has 1 saturated heterocycles. The Labute approximate surface area is 133 Å². The molecule has 7 heteroatoms. The number of carbonyl (C=O) groups is 1. The van der Waals surface area contributed by atoms with Gasteiger partial charge in [-0.05, 0) is 19.4 Å². The predicted molar refractivity (Wildman–Crippen MR) is 85.9 cm³/mol. The van der Waals surface area contributed by atoms with Crippen LogP contribution in [0.3, 0.4) is 0 Å². The fourth-order valence-electron chi connectivity index (χ4n) is 2.56. The molecule has 1 N–H and O–H groups in total. The van der Waals surface area contributed by atoms with Crippen LogP contribution in [0.25, 0.3) is 0 Å². The summed E-state index contributed by atoms with van der Waals surface area (Å²) >= 11 is 1.68. The number of anilines is 1. The van der Waals surface area contributed by atoms with E-state index < -0.39 is 0 Å². The van der Waals surface area contributed by atoms with Crippen LogP contribution in [0, 0.1) is 12.8 Å². The molecule has 0 saturated carbocycles. The zero-order valence-corrected chi connectivity index (χ0v) is 13.3. The molecule has 0 bridgehead atoms. The van der Waals surface area contributed by atoms with E-state index in [2.05, 4.69) is 25.2 Å². The molecular weight excluding hydrogens is 298 g/mol. The van der Waals surface area contributed by atoms with Crippen molar-refractivity contribution in [3.8, 4) is 0 Å². The van der Waals surface area contributed by atoms with E-state index in [1.807, 2.05) is 13.1 Å². The van der Waals surface area contributed by atoms with E-state index in [1.165, 1.54) is 4.88 Å². The van der Waals surface area contributed by atoms with Crippen molar-refractivity contribution < 1.29 is 4.79 Å². The van der Waals surface area contributed by atoms with Crippen molar-refractivity contribution in [1.82, 2.24) is 20.3 Å². The number of hydrogen-bond acceptors (Lipinski definition) is 6. The van der Waals surface area contributed by atoms with E-state index in [-0.39, 0.29) is 11.8 Å². The van der Waals surface area contributed by atoms with Gasteiger partial charge in [0.15, 0.2) is 0 Å². The lowest BCUT2D eigenvalue weighted by Gasteiger charge is -2.15. The molecule has 0 aromatic carbocycles. The summed E-state index contributed by atoms with van der Waals surface area (Å²) in [6.45, 7) is 4.20. The number of amides is 1. The molecule has 2 aromatic heterocycles. The average molecular weight is 317 g/mol. The van der Waals surface area contributed by atoms with Gasteiger partial charge in [0.1, 0.15) is 0 Å². The van der Waals surface area contributed by atoms with Crippen LogP contribution in [-0.4, -0.2) is 40.5 Å². The first kappa shape index (κ1) is 14.9. The van der Waals surface area contributed by atoms with Crippen LogP contribution in [0.15, 0.2) is 24.7 Å². The fourth-order valence-corrected chi connectivity index (χ4v) is 3.35. The van der Waals surface area contributed by atoms with Gasteiger partial charge in [0.2, 0.25) is 11.9 Å². The van der Waals surface area contributed by atoms with Gasteiger partial charge in [0, 0.05) is 49.5 Å². The van der Waals surface area contributed by atoms with Crippen LogP contribution in [0.5, 0.6) is 0 Å². The predicted octanol–water partition coefficient (Wildman–Crippen LogP) is 1.43. The van der Waals surface area contributed by atoms with E-state index in [9.17, 15) is 4.79 Å². The molecule has 116 valence electrons. The maximum absolute atomic E-state index is 12.2. The molecule has 0 radical (unpaired) electrons. The van der Waals surface area contributed by atoms with Gasteiger partial charge in [0.25, 0.3) is 0 Å². The van der Waals surface area contributed by atoms with Crippen molar-refractivity contribution in [1.29, 1.82) is 0 Å². The van der Waals surface area contributed by atoms with Gasteiger partial charge < -0.3 is 10.2 Å². The van der Waals surface area contributed by atoms with Gasteiger partial charge in [-0.3, -0.25) is 4.79 Å². The van der Waals surface area contributed by atoms with E-state index in [1.54, 1.807) is 29.8 Å². The van der Waals surface area contributed by atoms with Gasteiger partial charge in [-0.25, -0.2) is 15.0 Å². The summed E-state index contributed by atoms with van der Waals surface area (Å²) in [7, 11) is 0.